The van der Waals surface area contributed by atoms with E-state index in [1.807, 2.05) is 35.3 Å². The van der Waals surface area contributed by atoms with Crippen LogP contribution in [0.25, 0.3) is 10.9 Å². The molecule has 4 N–H and O–H groups in total. The summed E-state index contributed by atoms with van der Waals surface area (Å²) in [6.45, 7) is 6.30. The van der Waals surface area contributed by atoms with Crippen LogP contribution in [0, 0.1) is 11.3 Å². The second-order valence-electron chi connectivity index (χ2n) is 10.0. The fourth-order valence-corrected chi connectivity index (χ4v) is 5.13. The molecule has 0 amide bonds. The normalized spacial score (nSPS) is 17.4. The van der Waals surface area contributed by atoms with Gasteiger partial charge in [-0.1, -0.05) is 41.9 Å². The van der Waals surface area contributed by atoms with Gasteiger partial charge < -0.3 is 21.0 Å². The third-order valence-electron chi connectivity index (χ3n) is 7.03. The maximum atomic E-state index is 9.88. The average Bonchev–Trinajstić information content (AvgIpc) is 3.40. The molecule has 1 fully saturated rings. The number of nitrogens with one attached hydrogen (secondary N) is 4. The lowest BCUT2D eigenvalue weighted by atomic mass is 10.0. The van der Waals surface area contributed by atoms with Crippen LogP contribution in [-0.2, 0) is 0 Å². The number of halogens is 1. The Morgan fingerprint density at radius 1 is 1.16 bits per heavy atom. The molecule has 2 aliphatic rings. The van der Waals surface area contributed by atoms with E-state index in [1.165, 1.54) is 0 Å². The predicted molar refractivity (Wildman–Crippen MR) is 150 cm³/mol. The minimum atomic E-state index is -0.150. The molecule has 0 bridgehead atoms. The maximum Gasteiger partial charge on any atom is 0.103 e. The van der Waals surface area contributed by atoms with Crippen LogP contribution in [-0.4, -0.2) is 47.1 Å². The summed E-state index contributed by atoms with van der Waals surface area (Å²) in [6.07, 6.45) is 5.74. The molecule has 1 aromatic heterocycles. The second kappa shape index (κ2) is 10.9. The van der Waals surface area contributed by atoms with E-state index >= 15 is 0 Å². The van der Waals surface area contributed by atoms with Crippen LogP contribution in [0.4, 0.5) is 11.4 Å². The van der Waals surface area contributed by atoms with Crippen molar-refractivity contribution < 1.29 is 0 Å². The van der Waals surface area contributed by atoms with Crippen LogP contribution in [0.3, 0.4) is 0 Å². The average molecular weight is 517 g/mol. The van der Waals surface area contributed by atoms with Crippen LogP contribution >= 0.6 is 11.6 Å². The quantitative estimate of drug-likeness (QED) is 0.349. The van der Waals surface area contributed by atoms with Gasteiger partial charge in [0.2, 0.25) is 0 Å². The van der Waals surface area contributed by atoms with Crippen molar-refractivity contribution in [1.29, 1.82) is 5.26 Å². The summed E-state index contributed by atoms with van der Waals surface area (Å²) in [6, 6.07) is 17.0. The Balaban J connectivity index is 1.53. The lowest BCUT2D eigenvalue weighted by Gasteiger charge is -2.30. The van der Waals surface area contributed by atoms with Crippen LogP contribution in [0.1, 0.15) is 43.9 Å². The monoisotopic (exact) mass is 516 g/mol. The smallest absolute Gasteiger partial charge is 0.103 e. The highest BCUT2D eigenvalue weighted by molar-refractivity contribution is 6.35. The Morgan fingerprint density at radius 2 is 1.92 bits per heavy atom. The van der Waals surface area contributed by atoms with Crippen molar-refractivity contribution in [3.63, 3.8) is 0 Å². The molecule has 0 unspecified atom stereocenters. The molecule has 0 saturated carbocycles. The lowest BCUT2D eigenvalue weighted by molar-refractivity contribution is 0.221. The Labute approximate surface area is 223 Å². The molecule has 0 aliphatic carbocycles. The number of fused-ring (bicyclic) bond motifs is 1. The summed E-state index contributed by atoms with van der Waals surface area (Å²) < 4.78 is 0. The Bertz CT molecular complexity index is 1330. The van der Waals surface area contributed by atoms with Crippen molar-refractivity contribution in [2.45, 2.75) is 44.8 Å². The largest absolute Gasteiger partial charge is 0.381 e. The van der Waals surface area contributed by atoms with Gasteiger partial charge in [-0.2, -0.15) is 5.26 Å². The standard InChI is InChI=1S/C28H33ClN8/c1-18(2)37-17-25(34-35-37)27(19-7-5-4-6-8-19)33-22-13-23-26(32-21-9-11-36(3)12-10-21)20(15-30)16-31-28(23)24(29)14-22/h4-8,13-14,16-18,21,27,33-35H,9-12H2,1-3H3,(H,31,32)/t27-/m0/s1. The molecule has 3 heterocycles. The number of benzene rings is 2. The number of hydrazine groups is 2. The number of rotatable bonds is 7. The number of aromatic nitrogens is 1. The summed E-state index contributed by atoms with van der Waals surface area (Å²) in [5, 5.41) is 20.6. The van der Waals surface area contributed by atoms with E-state index in [4.69, 9.17) is 11.6 Å². The van der Waals surface area contributed by atoms with Crippen molar-refractivity contribution in [3.05, 3.63) is 76.7 Å². The van der Waals surface area contributed by atoms with E-state index in [2.05, 4.69) is 76.8 Å². The summed E-state index contributed by atoms with van der Waals surface area (Å²) >= 11 is 6.77. The molecule has 1 atom stereocenters. The lowest BCUT2D eigenvalue weighted by Crippen LogP contribution is -2.41. The van der Waals surface area contributed by atoms with E-state index in [0.717, 1.165) is 54.0 Å². The number of nitriles is 1. The molecule has 0 spiro atoms. The summed E-state index contributed by atoms with van der Waals surface area (Å²) in [4.78, 5) is 6.86. The Hall–Kier alpha value is -3.51. The Kier molecular flexibility index (Phi) is 7.38. The van der Waals surface area contributed by atoms with Crippen molar-refractivity contribution in [1.82, 2.24) is 25.9 Å². The Morgan fingerprint density at radius 3 is 2.59 bits per heavy atom. The summed E-state index contributed by atoms with van der Waals surface area (Å²) in [5.41, 5.74) is 11.5. The van der Waals surface area contributed by atoms with Gasteiger partial charge in [-0.15, -0.1) is 5.53 Å². The van der Waals surface area contributed by atoms with Crippen molar-refractivity contribution >= 4 is 33.9 Å². The summed E-state index contributed by atoms with van der Waals surface area (Å²) in [5.74, 6) is 0. The van der Waals surface area contributed by atoms with Gasteiger partial charge in [0.15, 0.2) is 0 Å². The zero-order valence-electron chi connectivity index (χ0n) is 21.4. The molecule has 9 heteroatoms. The molecular weight excluding hydrogens is 484 g/mol. The highest BCUT2D eigenvalue weighted by Crippen LogP contribution is 2.36. The van der Waals surface area contributed by atoms with Crippen molar-refractivity contribution in [3.8, 4) is 6.07 Å². The first-order valence-electron chi connectivity index (χ1n) is 12.7. The maximum absolute atomic E-state index is 9.88. The van der Waals surface area contributed by atoms with Gasteiger partial charge >= 0.3 is 0 Å². The minimum Gasteiger partial charge on any atom is -0.381 e. The highest BCUT2D eigenvalue weighted by Gasteiger charge is 2.25. The van der Waals surface area contributed by atoms with Crippen LogP contribution in [0.5, 0.6) is 0 Å². The molecule has 3 aromatic rings. The third kappa shape index (κ3) is 5.44. The minimum absolute atomic E-state index is 0.150. The molecule has 192 valence electrons. The topological polar surface area (TPSA) is 91.3 Å². The fraction of sp³-hybridized carbons (Fsp3) is 0.357. The van der Waals surface area contributed by atoms with E-state index in [1.54, 1.807) is 6.20 Å². The van der Waals surface area contributed by atoms with E-state index in [0.29, 0.717) is 28.2 Å². The van der Waals surface area contributed by atoms with E-state index in [-0.39, 0.29) is 6.04 Å². The van der Waals surface area contributed by atoms with Crippen LogP contribution < -0.4 is 21.6 Å². The molecule has 2 aromatic carbocycles. The van der Waals surface area contributed by atoms with Gasteiger partial charge in [0.05, 0.1) is 33.5 Å². The highest BCUT2D eigenvalue weighted by atomic mass is 35.5. The van der Waals surface area contributed by atoms with E-state index in [9.17, 15) is 5.26 Å². The van der Waals surface area contributed by atoms with Gasteiger partial charge in [0.1, 0.15) is 6.07 Å². The molecule has 2 aliphatic heterocycles. The SMILES string of the molecule is CC(C)N1C=C([C@@H](Nc2cc(Cl)c3ncc(C#N)c(NC4CCN(C)CC4)c3c2)c2ccccc2)NN1. The number of anilines is 2. The molecule has 1 saturated heterocycles. The van der Waals surface area contributed by atoms with Gasteiger partial charge in [0, 0.05) is 35.6 Å². The van der Waals surface area contributed by atoms with Gasteiger partial charge in [-0.25, -0.2) is 0 Å². The number of hydrogen-bond donors (Lipinski definition) is 4. The van der Waals surface area contributed by atoms with Gasteiger partial charge in [0.25, 0.3) is 0 Å². The predicted octanol–water partition coefficient (Wildman–Crippen LogP) is 4.99. The molecule has 5 rings (SSSR count). The third-order valence-corrected chi connectivity index (χ3v) is 7.32. The van der Waals surface area contributed by atoms with Gasteiger partial charge in [-0.05, 0) is 64.5 Å². The zero-order valence-corrected chi connectivity index (χ0v) is 22.2. The van der Waals surface area contributed by atoms with Crippen molar-refractivity contribution in [2.24, 2.45) is 0 Å². The molecule has 8 nitrogen and oxygen atoms in total. The summed E-state index contributed by atoms with van der Waals surface area (Å²) in [7, 11) is 2.14. The number of pyridine rings is 1. The first kappa shape index (κ1) is 25.2. The van der Waals surface area contributed by atoms with E-state index < -0.39 is 0 Å². The number of piperidine rings is 1. The second-order valence-corrected chi connectivity index (χ2v) is 10.5. The number of hydrogen-bond acceptors (Lipinski definition) is 8. The van der Waals surface area contributed by atoms with Gasteiger partial charge in [-0.3, -0.25) is 9.99 Å². The molecule has 0 radical (unpaired) electrons. The fourth-order valence-electron chi connectivity index (χ4n) is 4.86. The first-order valence-corrected chi connectivity index (χ1v) is 13.1. The number of likely N-dealkylation sites (tertiary alicyclic amines) is 1. The van der Waals surface area contributed by atoms with Crippen LogP contribution in [0.15, 0.2) is 60.6 Å². The molecular formula is C28H33ClN8. The van der Waals surface area contributed by atoms with Crippen LogP contribution in [0.2, 0.25) is 5.02 Å². The van der Waals surface area contributed by atoms with Crippen molar-refractivity contribution in [2.75, 3.05) is 30.8 Å². The first-order chi connectivity index (χ1) is 17.9. The number of nitrogens with zero attached hydrogens (tertiary/aromatic N) is 4. The zero-order chi connectivity index (χ0) is 25.9. The molecule has 37 heavy (non-hydrogen) atoms.